The predicted molar refractivity (Wildman–Crippen MR) is 68.2 cm³/mol. The van der Waals surface area contributed by atoms with Crippen LogP contribution in [0.2, 0.25) is 0 Å². The molecule has 2 N–H and O–H groups in total. The molecule has 0 aliphatic carbocycles. The van der Waals surface area contributed by atoms with Gasteiger partial charge in [-0.25, -0.2) is 0 Å². The van der Waals surface area contributed by atoms with E-state index in [4.69, 9.17) is 5.11 Å². The first kappa shape index (κ1) is 14.2. The smallest absolute Gasteiger partial charge is 0.309 e. The number of carbonyl (C=O) groups excluding carboxylic acids is 1. The number of nitrogens with one attached hydrogen (secondary N) is 1. The fourth-order valence-electron chi connectivity index (χ4n) is 1.32. The van der Waals surface area contributed by atoms with Gasteiger partial charge in [0, 0.05) is 5.92 Å². The second-order valence-electron chi connectivity index (χ2n) is 4.63. The molecule has 1 rings (SSSR count). The van der Waals surface area contributed by atoms with Gasteiger partial charge in [-0.1, -0.05) is 20.8 Å². The number of aliphatic carboxylic acids is 1. The Balaban J connectivity index is 2.63. The van der Waals surface area contributed by atoms with Gasteiger partial charge in [-0.2, -0.15) is 0 Å². The summed E-state index contributed by atoms with van der Waals surface area (Å²) in [5.41, 5.74) is 1.05. The normalized spacial score (nSPS) is 12.2. The highest BCUT2D eigenvalue weighted by Gasteiger charge is 2.16. The number of carbonyl (C=O) groups is 2. The third-order valence-electron chi connectivity index (χ3n) is 2.84. The van der Waals surface area contributed by atoms with Crippen molar-refractivity contribution in [1.82, 2.24) is 4.98 Å². The zero-order chi connectivity index (χ0) is 13.7. The van der Waals surface area contributed by atoms with Gasteiger partial charge < -0.3 is 10.4 Å². The van der Waals surface area contributed by atoms with E-state index in [1.165, 1.54) is 6.20 Å². The zero-order valence-corrected chi connectivity index (χ0v) is 10.8. The van der Waals surface area contributed by atoms with Gasteiger partial charge in [0.15, 0.2) is 0 Å². The highest BCUT2D eigenvalue weighted by molar-refractivity contribution is 5.92. The van der Waals surface area contributed by atoms with Gasteiger partial charge in [0.05, 0.1) is 24.0 Å². The van der Waals surface area contributed by atoms with Crippen LogP contribution in [0.1, 0.15) is 26.5 Å². The predicted octanol–water partition coefficient (Wildman–Crippen LogP) is 1.94. The summed E-state index contributed by atoms with van der Waals surface area (Å²) < 4.78 is 0. The Morgan fingerprint density at radius 1 is 1.33 bits per heavy atom. The third kappa shape index (κ3) is 4.16. The molecule has 1 unspecified atom stereocenters. The molecule has 0 radical (unpaired) electrons. The van der Waals surface area contributed by atoms with E-state index in [1.807, 2.05) is 20.8 Å². The summed E-state index contributed by atoms with van der Waals surface area (Å²) in [6.45, 7) is 5.84. The van der Waals surface area contributed by atoms with Gasteiger partial charge >= 0.3 is 5.97 Å². The van der Waals surface area contributed by atoms with E-state index >= 15 is 0 Å². The molecule has 0 saturated heterocycles. The lowest BCUT2D eigenvalue weighted by Crippen LogP contribution is -2.24. The number of carboxylic acids is 1. The van der Waals surface area contributed by atoms with Crippen LogP contribution in [-0.4, -0.2) is 22.0 Å². The molecule has 1 aromatic rings. The molecule has 1 amide bonds. The van der Waals surface area contributed by atoms with E-state index in [0.717, 1.165) is 0 Å². The fourth-order valence-corrected chi connectivity index (χ4v) is 1.32. The maximum atomic E-state index is 11.8. The molecule has 1 atom stereocenters. The number of hydrogen-bond donors (Lipinski definition) is 2. The van der Waals surface area contributed by atoms with Crippen LogP contribution in [0, 0.1) is 11.8 Å². The first-order chi connectivity index (χ1) is 8.40. The molecular weight excluding hydrogens is 232 g/mol. The van der Waals surface area contributed by atoms with Crippen molar-refractivity contribution in [3.05, 3.63) is 24.0 Å². The average Bonchev–Trinajstić information content (AvgIpc) is 2.29. The summed E-state index contributed by atoms with van der Waals surface area (Å²) in [4.78, 5) is 26.3. The quantitative estimate of drug-likeness (QED) is 0.837. The van der Waals surface area contributed by atoms with E-state index < -0.39 is 5.97 Å². The maximum Gasteiger partial charge on any atom is 0.309 e. The summed E-state index contributed by atoms with van der Waals surface area (Å²) in [7, 11) is 0. The van der Waals surface area contributed by atoms with Crippen molar-refractivity contribution >= 4 is 17.6 Å². The van der Waals surface area contributed by atoms with Crippen molar-refractivity contribution in [2.75, 3.05) is 5.32 Å². The van der Waals surface area contributed by atoms with Crippen molar-refractivity contribution in [2.45, 2.75) is 27.2 Å². The van der Waals surface area contributed by atoms with Crippen LogP contribution < -0.4 is 5.32 Å². The number of hydrogen-bond acceptors (Lipinski definition) is 3. The van der Waals surface area contributed by atoms with Crippen LogP contribution in [0.3, 0.4) is 0 Å². The van der Waals surface area contributed by atoms with Crippen molar-refractivity contribution < 1.29 is 14.7 Å². The second-order valence-corrected chi connectivity index (χ2v) is 4.63. The first-order valence-corrected chi connectivity index (χ1v) is 5.87. The highest BCUT2D eigenvalue weighted by atomic mass is 16.4. The Bertz CT molecular complexity index is 426. The van der Waals surface area contributed by atoms with E-state index in [-0.39, 0.29) is 24.2 Å². The molecule has 0 aromatic carbocycles. The Labute approximate surface area is 106 Å². The van der Waals surface area contributed by atoms with Crippen LogP contribution in [0.25, 0.3) is 0 Å². The minimum atomic E-state index is -0.923. The van der Waals surface area contributed by atoms with Gasteiger partial charge in [0.1, 0.15) is 0 Å². The van der Waals surface area contributed by atoms with E-state index in [2.05, 4.69) is 10.3 Å². The lowest BCUT2D eigenvalue weighted by Gasteiger charge is -2.15. The minimum Gasteiger partial charge on any atom is -0.481 e. The number of pyridine rings is 1. The van der Waals surface area contributed by atoms with Gasteiger partial charge in [0.2, 0.25) is 5.91 Å². The molecular formula is C13H18N2O3. The van der Waals surface area contributed by atoms with Crippen molar-refractivity contribution in [1.29, 1.82) is 0 Å². The number of rotatable bonds is 5. The third-order valence-corrected chi connectivity index (χ3v) is 2.84. The van der Waals surface area contributed by atoms with Crippen molar-refractivity contribution in [2.24, 2.45) is 11.8 Å². The average molecular weight is 250 g/mol. The summed E-state index contributed by atoms with van der Waals surface area (Å²) >= 11 is 0. The lowest BCUT2D eigenvalue weighted by molar-refractivity contribution is -0.136. The monoisotopic (exact) mass is 250 g/mol. The van der Waals surface area contributed by atoms with Gasteiger partial charge in [-0.3, -0.25) is 14.6 Å². The van der Waals surface area contributed by atoms with Crippen LogP contribution in [0.4, 0.5) is 5.69 Å². The summed E-state index contributed by atoms with van der Waals surface area (Å²) in [6.07, 6.45) is 1.36. The molecule has 1 aromatic heterocycles. The molecule has 0 aliphatic rings. The number of amides is 1. The molecule has 98 valence electrons. The number of aromatic nitrogens is 1. The van der Waals surface area contributed by atoms with Gasteiger partial charge in [-0.05, 0) is 18.1 Å². The maximum absolute atomic E-state index is 11.8. The standard InChI is InChI=1S/C13H18N2O3/c1-8(2)9(3)13(18)15-11-5-4-10(14-7-11)6-12(16)17/h4-5,7-9H,6H2,1-3H3,(H,15,18)(H,16,17). The number of anilines is 1. The molecule has 1 heterocycles. The molecule has 0 spiro atoms. The summed E-state index contributed by atoms with van der Waals surface area (Å²) in [5, 5.41) is 11.4. The topological polar surface area (TPSA) is 79.3 Å². The Hall–Kier alpha value is -1.91. The van der Waals surface area contributed by atoms with Crippen LogP contribution in [0.15, 0.2) is 18.3 Å². The largest absolute Gasteiger partial charge is 0.481 e. The van der Waals surface area contributed by atoms with E-state index in [1.54, 1.807) is 12.1 Å². The summed E-state index contributed by atoms with van der Waals surface area (Å²) in [5.74, 6) is -0.793. The highest BCUT2D eigenvalue weighted by Crippen LogP contribution is 2.13. The Morgan fingerprint density at radius 2 is 2.00 bits per heavy atom. The van der Waals surface area contributed by atoms with Crippen LogP contribution in [0.5, 0.6) is 0 Å². The summed E-state index contributed by atoms with van der Waals surface area (Å²) in [6, 6.07) is 3.26. The van der Waals surface area contributed by atoms with Crippen molar-refractivity contribution in [3.8, 4) is 0 Å². The Morgan fingerprint density at radius 3 is 2.44 bits per heavy atom. The number of nitrogens with zero attached hydrogens (tertiary/aromatic N) is 1. The van der Waals surface area contributed by atoms with E-state index in [9.17, 15) is 9.59 Å². The van der Waals surface area contributed by atoms with E-state index in [0.29, 0.717) is 11.4 Å². The number of carboxylic acid groups (broad SMARTS) is 1. The minimum absolute atomic E-state index is 0.0576. The fraction of sp³-hybridized carbons (Fsp3) is 0.462. The molecule has 5 nitrogen and oxygen atoms in total. The molecule has 0 aliphatic heterocycles. The van der Waals surface area contributed by atoms with Crippen LogP contribution in [-0.2, 0) is 16.0 Å². The van der Waals surface area contributed by atoms with Crippen LogP contribution >= 0.6 is 0 Å². The van der Waals surface area contributed by atoms with Gasteiger partial charge in [0.25, 0.3) is 0 Å². The Kier molecular flexibility index (Phi) is 4.83. The SMILES string of the molecule is CC(C)C(C)C(=O)Nc1ccc(CC(=O)O)nc1. The second kappa shape index (κ2) is 6.14. The molecule has 0 bridgehead atoms. The molecule has 0 saturated carbocycles. The lowest BCUT2D eigenvalue weighted by atomic mass is 9.97. The molecule has 18 heavy (non-hydrogen) atoms. The van der Waals surface area contributed by atoms with Gasteiger partial charge in [-0.15, -0.1) is 0 Å². The van der Waals surface area contributed by atoms with Crippen molar-refractivity contribution in [3.63, 3.8) is 0 Å². The molecule has 0 fully saturated rings. The first-order valence-electron chi connectivity index (χ1n) is 5.87. The molecule has 5 heteroatoms. The zero-order valence-electron chi connectivity index (χ0n) is 10.8.